The molecule has 2 saturated heterocycles. The van der Waals surface area contributed by atoms with E-state index in [4.69, 9.17) is 4.74 Å². The monoisotopic (exact) mass is 421 g/mol. The summed E-state index contributed by atoms with van der Waals surface area (Å²) in [5.74, 6) is -0.0108. The van der Waals surface area contributed by atoms with Crippen LogP contribution in [0.15, 0.2) is 48.5 Å². The highest BCUT2D eigenvalue weighted by molar-refractivity contribution is 5.94. The van der Waals surface area contributed by atoms with E-state index >= 15 is 0 Å². The van der Waals surface area contributed by atoms with Crippen molar-refractivity contribution in [3.8, 4) is 0 Å². The number of piperidine rings is 1. The summed E-state index contributed by atoms with van der Waals surface area (Å²) in [6.45, 7) is 9.55. The van der Waals surface area contributed by atoms with E-state index in [0.29, 0.717) is 0 Å². The van der Waals surface area contributed by atoms with Crippen molar-refractivity contribution in [2.45, 2.75) is 38.8 Å². The predicted molar refractivity (Wildman–Crippen MR) is 124 cm³/mol. The summed E-state index contributed by atoms with van der Waals surface area (Å²) in [7, 11) is 0. The van der Waals surface area contributed by atoms with Gasteiger partial charge in [0.15, 0.2) is 0 Å². The van der Waals surface area contributed by atoms with Crippen LogP contribution in [0.4, 0.5) is 0 Å². The molecule has 0 aromatic heterocycles. The maximum atomic E-state index is 13.1. The minimum absolute atomic E-state index is 0.0108. The fourth-order valence-corrected chi connectivity index (χ4v) is 4.45. The highest BCUT2D eigenvalue weighted by atomic mass is 16.5. The van der Waals surface area contributed by atoms with Crippen molar-refractivity contribution in [1.82, 2.24) is 15.1 Å². The number of hydrogen-bond donors (Lipinski definition) is 1. The molecule has 2 aliphatic heterocycles. The number of carbonyl (C=O) groups excluding carboxylic acids is 1. The smallest absolute Gasteiger partial charge is 0.251 e. The van der Waals surface area contributed by atoms with Crippen LogP contribution in [0.3, 0.4) is 0 Å². The van der Waals surface area contributed by atoms with Crippen molar-refractivity contribution in [2.24, 2.45) is 0 Å². The molecule has 0 saturated carbocycles. The zero-order valence-electron chi connectivity index (χ0n) is 18.7. The zero-order chi connectivity index (χ0) is 21.5. The zero-order valence-corrected chi connectivity index (χ0v) is 18.7. The quantitative estimate of drug-likeness (QED) is 0.739. The van der Waals surface area contributed by atoms with Gasteiger partial charge in [0.1, 0.15) is 0 Å². The number of morpholine rings is 1. The highest BCUT2D eigenvalue weighted by Crippen LogP contribution is 2.18. The van der Waals surface area contributed by atoms with Crippen molar-refractivity contribution in [2.75, 3.05) is 45.9 Å². The van der Waals surface area contributed by atoms with Gasteiger partial charge in [-0.3, -0.25) is 14.6 Å². The molecule has 2 aromatic carbocycles. The van der Waals surface area contributed by atoms with Gasteiger partial charge in [-0.1, -0.05) is 48.4 Å². The minimum Gasteiger partial charge on any atom is -0.379 e. The molecule has 1 amide bonds. The predicted octanol–water partition coefficient (Wildman–Crippen LogP) is 3.78. The van der Waals surface area contributed by atoms with Crippen LogP contribution in [-0.2, 0) is 11.3 Å². The van der Waals surface area contributed by atoms with E-state index in [1.54, 1.807) is 0 Å². The van der Waals surface area contributed by atoms with Gasteiger partial charge in [0, 0.05) is 31.7 Å². The maximum absolute atomic E-state index is 13.1. The van der Waals surface area contributed by atoms with E-state index in [1.807, 2.05) is 12.1 Å². The summed E-state index contributed by atoms with van der Waals surface area (Å²) in [4.78, 5) is 18.0. The van der Waals surface area contributed by atoms with Crippen molar-refractivity contribution in [3.63, 3.8) is 0 Å². The molecule has 4 rings (SSSR count). The molecule has 5 heteroatoms. The van der Waals surface area contributed by atoms with E-state index in [2.05, 4.69) is 58.4 Å². The first-order chi connectivity index (χ1) is 15.2. The molecular weight excluding hydrogens is 386 g/mol. The molecule has 0 radical (unpaired) electrons. The number of nitrogens with one attached hydrogen (secondary N) is 1. The van der Waals surface area contributed by atoms with Gasteiger partial charge in [0.05, 0.1) is 19.3 Å². The van der Waals surface area contributed by atoms with Gasteiger partial charge in [0.2, 0.25) is 0 Å². The Bertz CT molecular complexity index is 823. The number of rotatable bonds is 7. The molecular formula is C26H35N3O2. The lowest BCUT2D eigenvalue weighted by Gasteiger charge is -2.31. The summed E-state index contributed by atoms with van der Waals surface area (Å²) >= 11 is 0. The van der Waals surface area contributed by atoms with Crippen LogP contribution in [0, 0.1) is 6.92 Å². The van der Waals surface area contributed by atoms with Crippen molar-refractivity contribution in [3.05, 3.63) is 70.8 Å². The van der Waals surface area contributed by atoms with Crippen molar-refractivity contribution >= 4 is 5.91 Å². The van der Waals surface area contributed by atoms with Crippen LogP contribution in [0.25, 0.3) is 0 Å². The second-order valence-electron chi connectivity index (χ2n) is 8.88. The molecule has 1 N–H and O–H groups in total. The van der Waals surface area contributed by atoms with E-state index < -0.39 is 0 Å². The Kier molecular flexibility index (Phi) is 7.73. The number of likely N-dealkylation sites (tertiary alicyclic amines) is 1. The highest BCUT2D eigenvalue weighted by Gasteiger charge is 2.21. The number of hydrogen-bond acceptors (Lipinski definition) is 4. The molecule has 2 heterocycles. The SMILES string of the molecule is Cc1ccc(C(CN2CCOCC2)NC(=O)c2ccc(CN3CCCCC3)cc2)cc1. The van der Waals surface area contributed by atoms with Crippen LogP contribution >= 0.6 is 0 Å². The lowest BCUT2D eigenvalue weighted by molar-refractivity contribution is 0.0332. The fourth-order valence-electron chi connectivity index (χ4n) is 4.45. The Morgan fingerprint density at radius 3 is 2.26 bits per heavy atom. The third kappa shape index (κ3) is 6.39. The summed E-state index contributed by atoms with van der Waals surface area (Å²) in [5, 5.41) is 3.29. The Balaban J connectivity index is 1.41. The number of amides is 1. The van der Waals surface area contributed by atoms with Gasteiger partial charge in [-0.25, -0.2) is 0 Å². The summed E-state index contributed by atoms with van der Waals surface area (Å²) in [6, 6.07) is 16.6. The standard InChI is InChI=1S/C26H35N3O2/c1-21-5-9-23(10-6-21)25(20-29-15-17-31-18-16-29)27-26(30)24-11-7-22(8-12-24)19-28-13-3-2-4-14-28/h5-12,25H,2-4,13-20H2,1H3,(H,27,30). The van der Waals surface area contributed by atoms with Gasteiger partial charge < -0.3 is 10.1 Å². The minimum atomic E-state index is -0.0424. The van der Waals surface area contributed by atoms with Crippen LogP contribution in [-0.4, -0.2) is 61.6 Å². The molecule has 166 valence electrons. The second kappa shape index (κ2) is 10.9. The number of nitrogens with zero attached hydrogens (tertiary/aromatic N) is 2. The lowest BCUT2D eigenvalue weighted by Crippen LogP contribution is -2.43. The lowest BCUT2D eigenvalue weighted by atomic mass is 10.0. The average Bonchev–Trinajstić information content (AvgIpc) is 2.81. The molecule has 0 aliphatic carbocycles. The van der Waals surface area contributed by atoms with Crippen LogP contribution < -0.4 is 5.32 Å². The fraction of sp³-hybridized carbons (Fsp3) is 0.500. The largest absolute Gasteiger partial charge is 0.379 e. The van der Waals surface area contributed by atoms with Crippen LogP contribution in [0.2, 0.25) is 0 Å². The Morgan fingerprint density at radius 1 is 0.903 bits per heavy atom. The third-order valence-electron chi connectivity index (χ3n) is 6.40. The van der Waals surface area contributed by atoms with Gasteiger partial charge in [-0.15, -0.1) is 0 Å². The van der Waals surface area contributed by atoms with Gasteiger partial charge in [0.25, 0.3) is 5.91 Å². The van der Waals surface area contributed by atoms with E-state index in [9.17, 15) is 4.79 Å². The van der Waals surface area contributed by atoms with E-state index in [-0.39, 0.29) is 11.9 Å². The Morgan fingerprint density at radius 2 is 1.58 bits per heavy atom. The number of benzene rings is 2. The van der Waals surface area contributed by atoms with Crippen molar-refractivity contribution < 1.29 is 9.53 Å². The second-order valence-corrected chi connectivity index (χ2v) is 8.88. The van der Waals surface area contributed by atoms with Crippen molar-refractivity contribution in [1.29, 1.82) is 0 Å². The molecule has 1 unspecified atom stereocenters. The first-order valence-corrected chi connectivity index (χ1v) is 11.7. The molecule has 2 aromatic rings. The first kappa shape index (κ1) is 22.0. The average molecular weight is 422 g/mol. The molecule has 5 nitrogen and oxygen atoms in total. The molecule has 0 spiro atoms. The number of carbonyl (C=O) groups is 1. The maximum Gasteiger partial charge on any atom is 0.251 e. The number of ether oxygens (including phenoxy) is 1. The van der Waals surface area contributed by atoms with Gasteiger partial charge in [-0.2, -0.15) is 0 Å². The number of aryl methyl sites for hydroxylation is 1. The Labute approximate surface area is 186 Å². The van der Waals surface area contributed by atoms with E-state index in [0.717, 1.165) is 50.5 Å². The normalized spacial score (nSPS) is 19.1. The van der Waals surface area contributed by atoms with E-state index in [1.165, 1.54) is 43.5 Å². The summed E-state index contributed by atoms with van der Waals surface area (Å²) in [6.07, 6.45) is 3.94. The summed E-state index contributed by atoms with van der Waals surface area (Å²) < 4.78 is 5.49. The van der Waals surface area contributed by atoms with Crippen LogP contribution in [0.1, 0.15) is 52.4 Å². The third-order valence-corrected chi connectivity index (χ3v) is 6.40. The molecule has 2 fully saturated rings. The van der Waals surface area contributed by atoms with Crippen LogP contribution in [0.5, 0.6) is 0 Å². The molecule has 0 bridgehead atoms. The molecule has 2 aliphatic rings. The van der Waals surface area contributed by atoms with Gasteiger partial charge in [-0.05, 0) is 56.1 Å². The summed E-state index contributed by atoms with van der Waals surface area (Å²) in [5.41, 5.74) is 4.37. The Hall–Kier alpha value is -2.21. The van der Waals surface area contributed by atoms with Gasteiger partial charge >= 0.3 is 0 Å². The molecule has 1 atom stereocenters. The topological polar surface area (TPSA) is 44.8 Å². The first-order valence-electron chi connectivity index (χ1n) is 11.7. The molecule has 31 heavy (non-hydrogen) atoms.